The lowest BCUT2D eigenvalue weighted by atomic mass is 9.86. The molecule has 0 bridgehead atoms. The van der Waals surface area contributed by atoms with Crippen LogP contribution in [0.2, 0.25) is 0 Å². The number of rotatable bonds is 6. The molecule has 0 N–H and O–H groups in total. The highest BCUT2D eigenvalue weighted by atomic mass is 32.1. The maximum Gasteiger partial charge on any atom is 0.223 e. The predicted octanol–water partition coefficient (Wildman–Crippen LogP) is 4.84. The SMILES string of the molecule is O=C(CC1CCCCC1)N(Cc1ccsc1)Cc1ccco1. The Kier molecular flexibility index (Phi) is 5.33. The lowest BCUT2D eigenvalue weighted by Gasteiger charge is -2.26. The van der Waals surface area contributed by atoms with Crippen LogP contribution in [0.4, 0.5) is 0 Å². The first-order valence-corrected chi connectivity index (χ1v) is 9.07. The Labute approximate surface area is 135 Å². The average molecular weight is 317 g/mol. The molecule has 0 spiro atoms. The molecule has 1 fully saturated rings. The molecule has 2 aromatic rings. The zero-order valence-electron chi connectivity index (χ0n) is 12.9. The van der Waals surface area contributed by atoms with Crippen LogP contribution < -0.4 is 0 Å². The van der Waals surface area contributed by atoms with Crippen molar-refractivity contribution in [3.8, 4) is 0 Å². The molecular formula is C18H23NO2S. The molecule has 1 amide bonds. The Morgan fingerprint density at radius 2 is 2.09 bits per heavy atom. The summed E-state index contributed by atoms with van der Waals surface area (Å²) in [5.41, 5.74) is 1.20. The van der Waals surface area contributed by atoms with Gasteiger partial charge in [0, 0.05) is 13.0 Å². The van der Waals surface area contributed by atoms with Crippen LogP contribution in [-0.4, -0.2) is 10.8 Å². The first-order chi connectivity index (χ1) is 10.8. The van der Waals surface area contributed by atoms with Crippen molar-refractivity contribution in [1.29, 1.82) is 0 Å². The van der Waals surface area contributed by atoms with E-state index >= 15 is 0 Å². The quantitative estimate of drug-likeness (QED) is 0.764. The normalized spacial score (nSPS) is 15.8. The lowest BCUT2D eigenvalue weighted by Crippen LogP contribution is -2.31. The number of furan rings is 1. The van der Waals surface area contributed by atoms with Crippen LogP contribution in [0.1, 0.15) is 49.8 Å². The Balaban J connectivity index is 1.64. The van der Waals surface area contributed by atoms with Crippen LogP contribution in [0.25, 0.3) is 0 Å². The van der Waals surface area contributed by atoms with Gasteiger partial charge in [0.15, 0.2) is 0 Å². The zero-order valence-corrected chi connectivity index (χ0v) is 13.7. The van der Waals surface area contributed by atoms with Crippen molar-refractivity contribution in [1.82, 2.24) is 4.90 Å². The van der Waals surface area contributed by atoms with Crippen LogP contribution in [0.3, 0.4) is 0 Å². The van der Waals surface area contributed by atoms with Gasteiger partial charge in [-0.05, 0) is 53.3 Å². The van der Waals surface area contributed by atoms with E-state index in [0.717, 1.165) is 5.76 Å². The molecule has 3 nitrogen and oxygen atoms in total. The van der Waals surface area contributed by atoms with Crippen LogP contribution in [0, 0.1) is 5.92 Å². The van der Waals surface area contributed by atoms with E-state index in [4.69, 9.17) is 4.42 Å². The lowest BCUT2D eigenvalue weighted by molar-refractivity contribution is -0.134. The van der Waals surface area contributed by atoms with E-state index in [-0.39, 0.29) is 5.91 Å². The molecule has 22 heavy (non-hydrogen) atoms. The second-order valence-corrected chi connectivity index (χ2v) is 6.95. The third-order valence-electron chi connectivity index (χ3n) is 4.42. The molecule has 1 aliphatic carbocycles. The fourth-order valence-corrected chi connectivity index (χ4v) is 3.85. The van der Waals surface area contributed by atoms with Gasteiger partial charge in [0.2, 0.25) is 5.91 Å². The summed E-state index contributed by atoms with van der Waals surface area (Å²) in [6, 6.07) is 5.91. The molecule has 0 aromatic carbocycles. The summed E-state index contributed by atoms with van der Waals surface area (Å²) in [7, 11) is 0. The predicted molar refractivity (Wildman–Crippen MR) is 88.5 cm³/mol. The Hall–Kier alpha value is -1.55. The zero-order chi connectivity index (χ0) is 15.2. The molecule has 1 aliphatic rings. The van der Waals surface area contributed by atoms with Crippen molar-refractivity contribution in [2.24, 2.45) is 5.92 Å². The van der Waals surface area contributed by atoms with E-state index in [9.17, 15) is 4.79 Å². The molecule has 0 atom stereocenters. The maximum atomic E-state index is 12.8. The van der Waals surface area contributed by atoms with Crippen molar-refractivity contribution >= 4 is 17.2 Å². The summed E-state index contributed by atoms with van der Waals surface area (Å²) in [5, 5.41) is 4.18. The van der Waals surface area contributed by atoms with Gasteiger partial charge in [-0.15, -0.1) is 0 Å². The van der Waals surface area contributed by atoms with Crippen LogP contribution in [0.15, 0.2) is 39.6 Å². The molecule has 2 aromatic heterocycles. The van der Waals surface area contributed by atoms with Crippen LogP contribution in [-0.2, 0) is 17.9 Å². The third kappa shape index (κ3) is 4.23. The largest absolute Gasteiger partial charge is 0.467 e. The van der Waals surface area contributed by atoms with Crippen LogP contribution >= 0.6 is 11.3 Å². The average Bonchev–Trinajstić information content (AvgIpc) is 3.21. The topological polar surface area (TPSA) is 33.5 Å². The minimum absolute atomic E-state index is 0.259. The van der Waals surface area contributed by atoms with E-state index in [1.54, 1.807) is 17.6 Å². The van der Waals surface area contributed by atoms with Gasteiger partial charge in [0.05, 0.1) is 12.8 Å². The van der Waals surface area contributed by atoms with Gasteiger partial charge in [-0.3, -0.25) is 4.79 Å². The Morgan fingerprint density at radius 3 is 2.77 bits per heavy atom. The van der Waals surface area contributed by atoms with E-state index < -0.39 is 0 Å². The fraction of sp³-hybridized carbons (Fsp3) is 0.500. The fourth-order valence-electron chi connectivity index (χ4n) is 3.19. The minimum Gasteiger partial charge on any atom is -0.467 e. The van der Waals surface area contributed by atoms with Gasteiger partial charge in [-0.2, -0.15) is 11.3 Å². The summed E-state index contributed by atoms with van der Waals surface area (Å²) in [6.07, 6.45) is 8.66. The smallest absolute Gasteiger partial charge is 0.223 e. The summed E-state index contributed by atoms with van der Waals surface area (Å²) in [5.74, 6) is 1.68. The van der Waals surface area contributed by atoms with Gasteiger partial charge >= 0.3 is 0 Å². The van der Waals surface area contributed by atoms with Gasteiger partial charge in [0.1, 0.15) is 5.76 Å². The van der Waals surface area contributed by atoms with E-state index in [1.807, 2.05) is 17.0 Å². The molecule has 0 aliphatic heterocycles. The van der Waals surface area contributed by atoms with E-state index in [1.165, 1.54) is 37.7 Å². The van der Waals surface area contributed by atoms with Crippen molar-refractivity contribution in [2.75, 3.05) is 0 Å². The van der Waals surface area contributed by atoms with Crippen molar-refractivity contribution in [2.45, 2.75) is 51.6 Å². The number of amides is 1. The second kappa shape index (κ2) is 7.63. The highest BCUT2D eigenvalue weighted by Crippen LogP contribution is 2.27. The monoisotopic (exact) mass is 317 g/mol. The molecular weight excluding hydrogens is 294 g/mol. The van der Waals surface area contributed by atoms with Gasteiger partial charge in [0.25, 0.3) is 0 Å². The molecule has 0 unspecified atom stereocenters. The van der Waals surface area contributed by atoms with Gasteiger partial charge < -0.3 is 9.32 Å². The number of hydrogen-bond donors (Lipinski definition) is 0. The van der Waals surface area contributed by atoms with Gasteiger partial charge in [-0.25, -0.2) is 0 Å². The Bertz CT molecular complexity index is 520. The van der Waals surface area contributed by atoms with E-state index in [2.05, 4.69) is 16.8 Å². The van der Waals surface area contributed by atoms with E-state index in [0.29, 0.717) is 25.4 Å². The molecule has 1 saturated carbocycles. The summed E-state index contributed by atoms with van der Waals surface area (Å²) < 4.78 is 5.43. The first-order valence-electron chi connectivity index (χ1n) is 8.12. The van der Waals surface area contributed by atoms with Crippen LogP contribution in [0.5, 0.6) is 0 Å². The summed E-state index contributed by atoms with van der Waals surface area (Å²) >= 11 is 1.68. The molecule has 0 saturated heterocycles. The minimum atomic E-state index is 0.259. The summed E-state index contributed by atoms with van der Waals surface area (Å²) in [4.78, 5) is 14.7. The molecule has 2 heterocycles. The first kappa shape index (κ1) is 15.3. The third-order valence-corrected chi connectivity index (χ3v) is 5.15. The van der Waals surface area contributed by atoms with Crippen molar-refractivity contribution in [3.63, 3.8) is 0 Å². The number of carbonyl (C=O) groups excluding carboxylic acids is 1. The second-order valence-electron chi connectivity index (χ2n) is 6.17. The van der Waals surface area contributed by atoms with Crippen molar-refractivity contribution in [3.05, 3.63) is 46.5 Å². The number of hydrogen-bond acceptors (Lipinski definition) is 3. The van der Waals surface area contributed by atoms with Gasteiger partial charge in [-0.1, -0.05) is 19.3 Å². The number of carbonyl (C=O) groups is 1. The highest BCUT2D eigenvalue weighted by Gasteiger charge is 2.22. The molecule has 3 rings (SSSR count). The number of thiophene rings is 1. The standard InChI is InChI=1S/C18H23NO2S/c20-18(11-15-5-2-1-3-6-15)19(12-16-8-10-22-14-16)13-17-7-4-9-21-17/h4,7-10,14-15H,1-3,5-6,11-13H2. The summed E-state index contributed by atoms with van der Waals surface area (Å²) in [6.45, 7) is 1.24. The number of nitrogens with zero attached hydrogens (tertiary/aromatic N) is 1. The molecule has 4 heteroatoms. The van der Waals surface area contributed by atoms with Crippen molar-refractivity contribution < 1.29 is 9.21 Å². The highest BCUT2D eigenvalue weighted by molar-refractivity contribution is 7.07. The molecule has 118 valence electrons. The maximum absolute atomic E-state index is 12.8. The Morgan fingerprint density at radius 1 is 1.23 bits per heavy atom. The molecule has 0 radical (unpaired) electrons.